The molecule has 0 heterocycles. The summed E-state index contributed by atoms with van der Waals surface area (Å²) in [5.41, 5.74) is 5.50. The molecule has 0 bridgehead atoms. The second-order valence-electron chi connectivity index (χ2n) is 5.53. The summed E-state index contributed by atoms with van der Waals surface area (Å²) in [5.74, 6) is -1.31. The summed E-state index contributed by atoms with van der Waals surface area (Å²) < 4.78 is 0.906. The van der Waals surface area contributed by atoms with Crippen LogP contribution in [-0.4, -0.2) is 11.1 Å². The Kier molecular flexibility index (Phi) is 4.84. The second kappa shape index (κ2) is 6.44. The summed E-state index contributed by atoms with van der Waals surface area (Å²) in [4.78, 5) is 11.7. The monoisotopic (exact) mass is 346 g/mol. The highest BCUT2D eigenvalue weighted by molar-refractivity contribution is 9.10. The summed E-state index contributed by atoms with van der Waals surface area (Å²) >= 11 is 3.41. The minimum atomic E-state index is -0.785. The number of hydrogen-bond acceptors (Lipinski definition) is 1. The van der Waals surface area contributed by atoms with Gasteiger partial charge >= 0.3 is 5.97 Å². The Morgan fingerprint density at radius 3 is 2.29 bits per heavy atom. The maximum atomic E-state index is 11.7. The van der Waals surface area contributed by atoms with Crippen molar-refractivity contribution >= 4 is 21.9 Å². The van der Waals surface area contributed by atoms with Crippen molar-refractivity contribution in [3.05, 3.63) is 68.7 Å². The van der Waals surface area contributed by atoms with Gasteiger partial charge in [-0.05, 0) is 61.6 Å². The lowest BCUT2D eigenvalue weighted by Crippen LogP contribution is -2.16. The van der Waals surface area contributed by atoms with Gasteiger partial charge in [-0.25, -0.2) is 0 Å². The van der Waals surface area contributed by atoms with Crippen LogP contribution in [0.5, 0.6) is 0 Å². The molecule has 1 atom stereocenters. The van der Waals surface area contributed by atoms with E-state index in [1.165, 1.54) is 5.56 Å². The first kappa shape index (κ1) is 15.8. The topological polar surface area (TPSA) is 37.3 Å². The van der Waals surface area contributed by atoms with E-state index in [0.717, 1.165) is 26.7 Å². The molecule has 3 heteroatoms. The van der Waals surface area contributed by atoms with E-state index in [1.807, 2.05) is 24.3 Å². The Bertz CT molecular complexity index is 654. The van der Waals surface area contributed by atoms with E-state index in [4.69, 9.17) is 0 Å². The minimum Gasteiger partial charge on any atom is -0.481 e. The van der Waals surface area contributed by atoms with Crippen LogP contribution in [0.25, 0.3) is 0 Å². The highest BCUT2D eigenvalue weighted by Crippen LogP contribution is 2.27. The molecule has 110 valence electrons. The molecular weight excluding hydrogens is 328 g/mol. The first-order valence-electron chi connectivity index (χ1n) is 6.93. The minimum absolute atomic E-state index is 0.518. The zero-order chi connectivity index (χ0) is 15.6. The maximum absolute atomic E-state index is 11.7. The van der Waals surface area contributed by atoms with Crippen molar-refractivity contribution in [1.82, 2.24) is 0 Å². The van der Waals surface area contributed by atoms with Crippen LogP contribution < -0.4 is 0 Å². The van der Waals surface area contributed by atoms with Gasteiger partial charge in [0.1, 0.15) is 0 Å². The van der Waals surface area contributed by atoms with Crippen LogP contribution in [0.4, 0.5) is 0 Å². The van der Waals surface area contributed by atoms with E-state index in [2.05, 4.69) is 48.8 Å². The Morgan fingerprint density at radius 1 is 1.14 bits per heavy atom. The van der Waals surface area contributed by atoms with Gasteiger partial charge in [0.25, 0.3) is 0 Å². The lowest BCUT2D eigenvalue weighted by atomic mass is 9.87. The van der Waals surface area contributed by atoms with Crippen LogP contribution in [-0.2, 0) is 11.2 Å². The Balaban J connectivity index is 2.40. The highest BCUT2D eigenvalue weighted by Gasteiger charge is 2.22. The quantitative estimate of drug-likeness (QED) is 0.864. The Labute approximate surface area is 134 Å². The predicted octanol–water partition coefficient (Wildman–Crippen LogP) is 4.79. The summed E-state index contributed by atoms with van der Waals surface area (Å²) in [5, 5.41) is 9.60. The van der Waals surface area contributed by atoms with E-state index in [1.54, 1.807) is 0 Å². The van der Waals surface area contributed by atoms with Crippen LogP contribution in [0, 0.1) is 20.8 Å². The van der Waals surface area contributed by atoms with Gasteiger partial charge < -0.3 is 5.11 Å². The zero-order valence-electron chi connectivity index (χ0n) is 12.5. The molecular formula is C18H19BrO2. The smallest absolute Gasteiger partial charge is 0.311 e. The van der Waals surface area contributed by atoms with E-state index < -0.39 is 11.9 Å². The number of benzene rings is 2. The summed E-state index contributed by atoms with van der Waals surface area (Å²) in [6, 6.07) is 11.8. The van der Waals surface area contributed by atoms with Gasteiger partial charge in [0, 0.05) is 4.47 Å². The van der Waals surface area contributed by atoms with E-state index >= 15 is 0 Å². The molecule has 0 aliphatic heterocycles. The van der Waals surface area contributed by atoms with Crippen LogP contribution in [0.15, 0.2) is 40.9 Å². The average molecular weight is 347 g/mol. The molecule has 0 saturated carbocycles. The molecule has 2 nitrogen and oxygen atoms in total. The van der Waals surface area contributed by atoms with Crippen LogP contribution in [0.2, 0.25) is 0 Å². The van der Waals surface area contributed by atoms with Crippen molar-refractivity contribution in [1.29, 1.82) is 0 Å². The number of halogens is 1. The molecule has 0 fully saturated rings. The van der Waals surface area contributed by atoms with Crippen molar-refractivity contribution < 1.29 is 9.90 Å². The first-order chi connectivity index (χ1) is 9.88. The Hall–Kier alpha value is -1.61. The standard InChI is InChI=1S/C18H19BrO2/c1-11-7-12(2)16(13(3)8-11)10-17(18(20)21)14-5-4-6-15(19)9-14/h4-9,17H,10H2,1-3H3,(H,20,21). The molecule has 0 spiro atoms. The summed E-state index contributed by atoms with van der Waals surface area (Å²) in [6.45, 7) is 6.16. The van der Waals surface area contributed by atoms with Crippen molar-refractivity contribution in [2.75, 3.05) is 0 Å². The van der Waals surface area contributed by atoms with E-state index in [9.17, 15) is 9.90 Å². The van der Waals surface area contributed by atoms with Crippen molar-refractivity contribution in [3.8, 4) is 0 Å². The van der Waals surface area contributed by atoms with E-state index in [0.29, 0.717) is 6.42 Å². The molecule has 2 aromatic rings. The summed E-state index contributed by atoms with van der Waals surface area (Å²) in [6.07, 6.45) is 0.518. The number of aryl methyl sites for hydroxylation is 3. The SMILES string of the molecule is Cc1cc(C)c(CC(C(=O)O)c2cccc(Br)c2)c(C)c1. The number of carbonyl (C=O) groups is 1. The van der Waals surface area contributed by atoms with Crippen molar-refractivity contribution in [2.24, 2.45) is 0 Å². The molecule has 2 rings (SSSR count). The van der Waals surface area contributed by atoms with Gasteiger partial charge in [0.15, 0.2) is 0 Å². The molecule has 21 heavy (non-hydrogen) atoms. The number of carboxylic acids is 1. The third-order valence-corrected chi connectivity index (χ3v) is 4.29. The molecule has 1 unspecified atom stereocenters. The number of rotatable bonds is 4. The predicted molar refractivity (Wildman–Crippen MR) is 88.9 cm³/mol. The number of aliphatic carboxylic acids is 1. The van der Waals surface area contributed by atoms with Gasteiger partial charge in [0.05, 0.1) is 5.92 Å². The maximum Gasteiger partial charge on any atom is 0.311 e. The fourth-order valence-corrected chi connectivity index (χ4v) is 3.22. The van der Waals surface area contributed by atoms with Gasteiger partial charge in [-0.2, -0.15) is 0 Å². The fourth-order valence-electron chi connectivity index (χ4n) is 2.81. The van der Waals surface area contributed by atoms with Crippen molar-refractivity contribution in [3.63, 3.8) is 0 Å². The highest BCUT2D eigenvalue weighted by atomic mass is 79.9. The van der Waals surface area contributed by atoms with Crippen LogP contribution in [0.3, 0.4) is 0 Å². The Morgan fingerprint density at radius 2 is 1.76 bits per heavy atom. The van der Waals surface area contributed by atoms with Crippen LogP contribution >= 0.6 is 15.9 Å². The molecule has 0 amide bonds. The molecule has 0 aromatic heterocycles. The molecule has 2 aromatic carbocycles. The van der Waals surface area contributed by atoms with Gasteiger partial charge in [-0.1, -0.05) is 45.8 Å². The van der Waals surface area contributed by atoms with Gasteiger partial charge in [-0.3, -0.25) is 4.79 Å². The lowest BCUT2D eigenvalue weighted by Gasteiger charge is -2.17. The normalized spacial score (nSPS) is 12.2. The lowest BCUT2D eigenvalue weighted by molar-refractivity contribution is -0.138. The molecule has 0 aliphatic carbocycles. The van der Waals surface area contributed by atoms with Gasteiger partial charge in [0.2, 0.25) is 0 Å². The number of hydrogen-bond donors (Lipinski definition) is 1. The third-order valence-electron chi connectivity index (χ3n) is 3.80. The van der Waals surface area contributed by atoms with Crippen LogP contribution in [0.1, 0.15) is 33.7 Å². The van der Waals surface area contributed by atoms with Gasteiger partial charge in [-0.15, -0.1) is 0 Å². The second-order valence-corrected chi connectivity index (χ2v) is 6.44. The van der Waals surface area contributed by atoms with Crippen molar-refractivity contribution in [2.45, 2.75) is 33.1 Å². The largest absolute Gasteiger partial charge is 0.481 e. The fraction of sp³-hybridized carbons (Fsp3) is 0.278. The molecule has 1 N–H and O–H groups in total. The third kappa shape index (κ3) is 3.73. The molecule has 0 saturated heterocycles. The average Bonchev–Trinajstić information content (AvgIpc) is 2.37. The number of carboxylic acid groups (broad SMARTS) is 1. The first-order valence-corrected chi connectivity index (χ1v) is 7.72. The molecule has 0 aliphatic rings. The molecule has 0 radical (unpaired) electrons. The zero-order valence-corrected chi connectivity index (χ0v) is 14.1. The van der Waals surface area contributed by atoms with E-state index in [-0.39, 0.29) is 0 Å². The summed E-state index contributed by atoms with van der Waals surface area (Å²) in [7, 11) is 0.